The summed E-state index contributed by atoms with van der Waals surface area (Å²) in [5.74, 6) is -1.43. The van der Waals surface area contributed by atoms with E-state index in [0.717, 1.165) is 21.1 Å². The van der Waals surface area contributed by atoms with E-state index in [0.29, 0.717) is 5.02 Å². The summed E-state index contributed by atoms with van der Waals surface area (Å²) in [6.45, 7) is 2.04. The van der Waals surface area contributed by atoms with Crippen molar-refractivity contribution in [3.8, 4) is 0 Å². The van der Waals surface area contributed by atoms with Crippen LogP contribution in [0.5, 0.6) is 0 Å². The maximum Gasteiger partial charge on any atom is 0.322 e. The fourth-order valence-electron chi connectivity index (χ4n) is 6.35. The molecule has 0 unspecified atom stereocenters. The number of halogens is 1. The molecule has 0 radical (unpaired) electrons. The molecule has 0 aromatic heterocycles. The fraction of sp³-hybridized carbons (Fsp3) is 0.212. The van der Waals surface area contributed by atoms with Gasteiger partial charge in [0.1, 0.15) is 6.04 Å². The molecule has 40 heavy (non-hydrogen) atoms. The Morgan fingerprint density at radius 3 is 1.65 bits per heavy atom. The first-order valence-electron chi connectivity index (χ1n) is 13.4. The number of methoxy groups -OCH3 is 1. The molecule has 4 aromatic carbocycles. The molecule has 0 spiro atoms. The van der Waals surface area contributed by atoms with Gasteiger partial charge in [0.25, 0.3) is 0 Å². The largest absolute Gasteiger partial charge is 0.468 e. The molecule has 0 saturated carbocycles. The van der Waals surface area contributed by atoms with Crippen LogP contribution in [0.15, 0.2) is 115 Å². The zero-order chi connectivity index (χ0) is 28.1. The van der Waals surface area contributed by atoms with Crippen molar-refractivity contribution in [3.63, 3.8) is 0 Å². The number of hydrogen-bond donors (Lipinski definition) is 1. The lowest BCUT2D eigenvalue weighted by Gasteiger charge is -2.42. The van der Waals surface area contributed by atoms with Crippen LogP contribution in [-0.2, 0) is 19.1 Å². The molecule has 0 aliphatic carbocycles. The first-order chi connectivity index (χ1) is 19.5. The first kappa shape index (κ1) is 27.8. The molecule has 1 saturated heterocycles. The van der Waals surface area contributed by atoms with E-state index in [4.69, 9.17) is 21.1 Å². The Bertz CT molecular complexity index is 1340. The van der Waals surface area contributed by atoms with Crippen molar-refractivity contribution < 1.29 is 19.1 Å². The van der Waals surface area contributed by atoms with Gasteiger partial charge in [0.05, 0.1) is 19.6 Å². The molecule has 5 rings (SSSR count). The maximum atomic E-state index is 14.1. The van der Waals surface area contributed by atoms with Gasteiger partial charge in [-0.3, -0.25) is 14.9 Å². The molecule has 1 fully saturated rings. The molecule has 1 N–H and O–H groups in total. The van der Waals surface area contributed by atoms with Crippen LogP contribution < -0.4 is 20.9 Å². The highest BCUT2D eigenvalue weighted by atomic mass is 35.5. The molecule has 204 valence electrons. The minimum Gasteiger partial charge on any atom is -0.468 e. The van der Waals surface area contributed by atoms with Crippen LogP contribution in [-0.4, -0.2) is 39.8 Å². The highest BCUT2D eigenvalue weighted by molar-refractivity contribution is 7.12. The van der Waals surface area contributed by atoms with Crippen LogP contribution in [0.2, 0.25) is 10.6 Å². The predicted octanol–water partition coefficient (Wildman–Crippen LogP) is 4.25. The van der Waals surface area contributed by atoms with Crippen molar-refractivity contribution >= 4 is 47.2 Å². The topological polar surface area (TPSA) is 64.6 Å². The van der Waals surface area contributed by atoms with Crippen molar-refractivity contribution in [2.75, 3.05) is 13.7 Å². The van der Waals surface area contributed by atoms with Gasteiger partial charge in [0, 0.05) is 16.6 Å². The lowest BCUT2D eigenvalue weighted by Crippen LogP contribution is -2.73. The predicted molar refractivity (Wildman–Crippen MR) is 161 cm³/mol. The van der Waals surface area contributed by atoms with E-state index >= 15 is 0 Å². The van der Waals surface area contributed by atoms with E-state index < -0.39 is 37.6 Å². The van der Waals surface area contributed by atoms with Crippen LogP contribution in [0.25, 0.3) is 0 Å². The minimum atomic E-state index is -3.16. The summed E-state index contributed by atoms with van der Waals surface area (Å²) in [6.07, 6.45) is 0. The first-order valence-corrected chi connectivity index (χ1v) is 15.9. The average molecular weight is 570 g/mol. The van der Waals surface area contributed by atoms with Crippen molar-refractivity contribution in [1.82, 2.24) is 5.32 Å². The smallest absolute Gasteiger partial charge is 0.322 e. The van der Waals surface area contributed by atoms with Crippen molar-refractivity contribution in [2.24, 2.45) is 5.92 Å². The number of carbonyl (C=O) groups is 2. The molecular formula is C33H32ClNO4Si. The second-order valence-corrected chi connectivity index (χ2v) is 14.4. The van der Waals surface area contributed by atoms with Gasteiger partial charge in [0.2, 0.25) is 0 Å². The second-order valence-electron chi connectivity index (χ2n) is 9.91. The number of hydrogen-bond acceptors (Lipinski definition) is 5. The molecule has 4 aromatic rings. The molecule has 1 aliphatic heterocycles. The molecule has 4 atom stereocenters. The van der Waals surface area contributed by atoms with Gasteiger partial charge in [-0.25, -0.2) is 0 Å². The molecule has 0 amide bonds. The van der Waals surface area contributed by atoms with Gasteiger partial charge in [-0.2, -0.15) is 0 Å². The van der Waals surface area contributed by atoms with E-state index in [-0.39, 0.29) is 12.6 Å². The molecule has 7 heteroatoms. The Kier molecular flexibility index (Phi) is 8.50. The Morgan fingerprint density at radius 1 is 0.750 bits per heavy atom. The number of ether oxygens (including phenoxy) is 2. The maximum absolute atomic E-state index is 14.1. The molecule has 0 bridgehead atoms. The highest BCUT2D eigenvalue weighted by Gasteiger charge is 2.62. The Labute approximate surface area is 241 Å². The van der Waals surface area contributed by atoms with Crippen LogP contribution in [0.1, 0.15) is 18.5 Å². The standard InChI is InChI=1S/C33H32ClNO4Si/c1-3-39-32(36)28-29(23-19-21-24(34)22-20-23)35-30(33(37)38-2)31(28)40(25-13-7-4-8-14-25,26-15-9-5-10-16-26)27-17-11-6-12-18-27/h4-22,28-31,35H,3H2,1-2H3/t28-,29+,30+,31+/m1/s1. The van der Waals surface area contributed by atoms with E-state index in [1.165, 1.54) is 7.11 Å². The zero-order valence-corrected chi connectivity index (χ0v) is 24.3. The quantitative estimate of drug-likeness (QED) is 0.195. The summed E-state index contributed by atoms with van der Waals surface area (Å²) >= 11 is 6.23. The normalized spacial score (nSPS) is 20.6. The second kappa shape index (κ2) is 12.2. The number of carbonyl (C=O) groups excluding carboxylic acids is 2. The number of esters is 2. The van der Waals surface area contributed by atoms with Crippen LogP contribution in [0, 0.1) is 5.92 Å². The summed E-state index contributed by atoms with van der Waals surface area (Å²) in [4.78, 5) is 27.8. The lowest BCUT2D eigenvalue weighted by atomic mass is 9.93. The number of benzene rings is 4. The Balaban J connectivity index is 1.87. The van der Waals surface area contributed by atoms with Crippen molar-refractivity contribution in [2.45, 2.75) is 24.5 Å². The summed E-state index contributed by atoms with van der Waals surface area (Å²) in [5, 5.41) is 7.43. The van der Waals surface area contributed by atoms with Gasteiger partial charge < -0.3 is 9.47 Å². The number of nitrogens with one attached hydrogen (secondary N) is 1. The van der Waals surface area contributed by atoms with E-state index in [1.54, 1.807) is 19.1 Å². The highest BCUT2D eigenvalue weighted by Crippen LogP contribution is 2.47. The third-order valence-electron chi connectivity index (χ3n) is 7.89. The van der Waals surface area contributed by atoms with Gasteiger partial charge in [0.15, 0.2) is 8.07 Å². The monoisotopic (exact) mass is 569 g/mol. The summed E-state index contributed by atoms with van der Waals surface area (Å²) in [7, 11) is -1.77. The van der Waals surface area contributed by atoms with Crippen LogP contribution >= 0.6 is 11.6 Å². The van der Waals surface area contributed by atoms with Crippen LogP contribution in [0.3, 0.4) is 0 Å². The van der Waals surface area contributed by atoms with Gasteiger partial charge >= 0.3 is 11.9 Å². The fourth-order valence-corrected chi connectivity index (χ4v) is 12.4. The molecule has 1 heterocycles. The third kappa shape index (κ3) is 4.99. The Hall–Kier alpha value is -3.71. The van der Waals surface area contributed by atoms with E-state index in [1.807, 2.05) is 66.7 Å². The minimum absolute atomic E-state index is 0.231. The summed E-state index contributed by atoms with van der Waals surface area (Å²) in [5.41, 5.74) is 0.378. The third-order valence-corrected chi connectivity index (χ3v) is 13.6. The summed E-state index contributed by atoms with van der Waals surface area (Å²) < 4.78 is 11.2. The summed E-state index contributed by atoms with van der Waals surface area (Å²) in [6, 6.07) is 37.0. The van der Waals surface area contributed by atoms with Crippen molar-refractivity contribution in [3.05, 3.63) is 126 Å². The zero-order valence-electron chi connectivity index (χ0n) is 22.5. The average Bonchev–Trinajstić information content (AvgIpc) is 3.40. The van der Waals surface area contributed by atoms with E-state index in [9.17, 15) is 9.59 Å². The van der Waals surface area contributed by atoms with E-state index in [2.05, 4.69) is 41.7 Å². The van der Waals surface area contributed by atoms with Crippen LogP contribution in [0.4, 0.5) is 0 Å². The van der Waals surface area contributed by atoms with Gasteiger partial charge in [-0.15, -0.1) is 0 Å². The SMILES string of the molecule is CCOC(=O)[C@H]1[C@H]([Si](c2ccccc2)(c2ccccc2)c2ccccc2)[C@@H](C(=O)OC)N[C@H]1c1ccc(Cl)cc1. The number of rotatable bonds is 8. The molecule has 1 aliphatic rings. The Morgan fingerprint density at radius 2 is 1.23 bits per heavy atom. The lowest BCUT2D eigenvalue weighted by molar-refractivity contribution is -0.148. The molecular weight excluding hydrogens is 538 g/mol. The van der Waals surface area contributed by atoms with Crippen molar-refractivity contribution in [1.29, 1.82) is 0 Å². The molecule has 5 nitrogen and oxygen atoms in total. The van der Waals surface area contributed by atoms with Gasteiger partial charge in [-0.1, -0.05) is 115 Å². The van der Waals surface area contributed by atoms with Gasteiger partial charge in [-0.05, 0) is 40.2 Å².